The normalized spacial score (nSPS) is 18.9. The van der Waals surface area contributed by atoms with Crippen molar-refractivity contribution in [3.63, 3.8) is 0 Å². The Hall–Kier alpha value is -2.62. The van der Waals surface area contributed by atoms with E-state index in [0.29, 0.717) is 25.9 Å². The van der Waals surface area contributed by atoms with Crippen molar-refractivity contribution in [1.82, 2.24) is 9.80 Å². The van der Waals surface area contributed by atoms with E-state index in [1.165, 1.54) is 11.1 Å². The molecule has 2 aromatic carbocycles. The maximum Gasteiger partial charge on any atom is 0.230 e. The quantitative estimate of drug-likeness (QED) is 0.766. The van der Waals surface area contributed by atoms with Crippen LogP contribution in [0.1, 0.15) is 31.4 Å². The van der Waals surface area contributed by atoms with Crippen LogP contribution in [-0.2, 0) is 16.0 Å². The summed E-state index contributed by atoms with van der Waals surface area (Å²) in [5.74, 6) is 0.189. The lowest BCUT2D eigenvalue weighted by molar-refractivity contribution is -0.140. The zero-order chi connectivity index (χ0) is 21.2. The molecule has 154 valence electrons. The van der Waals surface area contributed by atoms with Crippen molar-refractivity contribution in [3.8, 4) is 11.1 Å². The van der Waals surface area contributed by atoms with E-state index in [2.05, 4.69) is 55.5 Å². The van der Waals surface area contributed by atoms with Crippen LogP contribution in [0.25, 0.3) is 11.1 Å². The molecule has 0 radical (unpaired) electrons. The Morgan fingerprint density at radius 1 is 1.07 bits per heavy atom. The number of nitrogens with zero attached hydrogens (tertiary/aromatic N) is 2. The van der Waals surface area contributed by atoms with Crippen molar-refractivity contribution in [2.45, 2.75) is 33.6 Å². The summed E-state index contributed by atoms with van der Waals surface area (Å²) in [5, 5.41) is 0. The first-order chi connectivity index (χ1) is 13.7. The zero-order valence-electron chi connectivity index (χ0n) is 18.2. The molecule has 1 heterocycles. The molecule has 1 fully saturated rings. The molecule has 2 amide bonds. The summed E-state index contributed by atoms with van der Waals surface area (Å²) in [6.07, 6.45) is 1.35. The molecule has 1 aliphatic heterocycles. The van der Waals surface area contributed by atoms with Crippen LogP contribution in [0.4, 0.5) is 0 Å². The number of rotatable bonds is 5. The lowest BCUT2D eigenvalue weighted by Crippen LogP contribution is -2.45. The number of hydrogen-bond acceptors (Lipinski definition) is 2. The van der Waals surface area contributed by atoms with E-state index in [1.807, 2.05) is 18.7 Å². The molecule has 0 unspecified atom stereocenters. The highest BCUT2D eigenvalue weighted by molar-refractivity contribution is 5.86. The van der Waals surface area contributed by atoms with Crippen LogP contribution in [-0.4, -0.2) is 48.8 Å². The monoisotopic (exact) mass is 392 g/mol. The molecular weight excluding hydrogens is 360 g/mol. The minimum absolute atomic E-state index is 0.0508. The van der Waals surface area contributed by atoms with Gasteiger partial charge in [0.25, 0.3) is 0 Å². The van der Waals surface area contributed by atoms with E-state index < -0.39 is 5.41 Å². The molecule has 1 aliphatic rings. The van der Waals surface area contributed by atoms with Crippen molar-refractivity contribution in [1.29, 1.82) is 0 Å². The van der Waals surface area contributed by atoms with Crippen LogP contribution in [0, 0.1) is 18.3 Å². The fourth-order valence-electron chi connectivity index (χ4n) is 4.29. The predicted molar refractivity (Wildman–Crippen MR) is 117 cm³/mol. The van der Waals surface area contributed by atoms with Crippen molar-refractivity contribution >= 4 is 11.8 Å². The molecule has 0 bridgehead atoms. The highest BCUT2D eigenvalue weighted by Gasteiger charge is 2.46. The van der Waals surface area contributed by atoms with E-state index >= 15 is 0 Å². The second-order valence-corrected chi connectivity index (χ2v) is 8.89. The Morgan fingerprint density at radius 3 is 2.38 bits per heavy atom. The fourth-order valence-corrected chi connectivity index (χ4v) is 4.29. The van der Waals surface area contributed by atoms with Gasteiger partial charge < -0.3 is 9.80 Å². The minimum Gasteiger partial charge on any atom is -0.348 e. The van der Waals surface area contributed by atoms with Gasteiger partial charge in [-0.25, -0.2) is 0 Å². The van der Waals surface area contributed by atoms with E-state index in [0.717, 1.165) is 11.1 Å². The van der Waals surface area contributed by atoms with Crippen LogP contribution in [0.2, 0.25) is 0 Å². The Bertz CT molecular complexity index is 886. The molecule has 3 rings (SSSR count). The number of amides is 2. The smallest absolute Gasteiger partial charge is 0.230 e. The fraction of sp³-hybridized carbons (Fsp3) is 0.440. The highest BCUT2D eigenvalue weighted by atomic mass is 16.2. The van der Waals surface area contributed by atoms with Crippen molar-refractivity contribution in [3.05, 3.63) is 59.7 Å². The Morgan fingerprint density at radius 2 is 1.76 bits per heavy atom. The first kappa shape index (κ1) is 21.1. The Balaban J connectivity index is 1.89. The summed E-state index contributed by atoms with van der Waals surface area (Å²) < 4.78 is 0. The average Bonchev–Trinajstić information content (AvgIpc) is 3.12. The number of hydrogen-bond donors (Lipinski definition) is 0. The van der Waals surface area contributed by atoms with Gasteiger partial charge in [-0.05, 0) is 36.5 Å². The van der Waals surface area contributed by atoms with Gasteiger partial charge in [0.1, 0.15) is 0 Å². The van der Waals surface area contributed by atoms with Crippen LogP contribution >= 0.6 is 0 Å². The number of carbonyl (C=O) groups excluding carboxylic acids is 2. The molecule has 2 aromatic rings. The molecule has 4 nitrogen and oxygen atoms in total. The van der Waals surface area contributed by atoms with E-state index in [1.54, 1.807) is 19.0 Å². The third-order valence-electron chi connectivity index (χ3n) is 5.87. The van der Waals surface area contributed by atoms with E-state index in [-0.39, 0.29) is 17.7 Å². The van der Waals surface area contributed by atoms with Gasteiger partial charge in [0.15, 0.2) is 0 Å². The molecule has 29 heavy (non-hydrogen) atoms. The largest absolute Gasteiger partial charge is 0.348 e. The SMILES string of the molecule is Cc1ccc(-c2cccc(C[C@@]3(C(=O)N(C)C)CCN(C(=O)C(C)C)C3)c2)cc1. The van der Waals surface area contributed by atoms with Crippen molar-refractivity contribution in [2.75, 3.05) is 27.2 Å². The summed E-state index contributed by atoms with van der Waals surface area (Å²) in [4.78, 5) is 29.3. The molecular formula is C25H32N2O2. The maximum absolute atomic E-state index is 13.2. The zero-order valence-corrected chi connectivity index (χ0v) is 18.2. The lowest BCUT2D eigenvalue weighted by Gasteiger charge is -2.31. The summed E-state index contributed by atoms with van der Waals surface area (Å²) >= 11 is 0. The van der Waals surface area contributed by atoms with E-state index in [9.17, 15) is 9.59 Å². The van der Waals surface area contributed by atoms with Gasteiger partial charge in [-0.2, -0.15) is 0 Å². The van der Waals surface area contributed by atoms with Gasteiger partial charge in [0, 0.05) is 33.1 Å². The topological polar surface area (TPSA) is 40.6 Å². The highest BCUT2D eigenvalue weighted by Crippen LogP contribution is 2.37. The van der Waals surface area contributed by atoms with Crippen molar-refractivity contribution in [2.24, 2.45) is 11.3 Å². The second kappa shape index (κ2) is 8.40. The standard InChI is InChI=1S/C25H32N2O2/c1-18(2)23(28)27-14-13-25(17-27,24(29)26(4)5)16-20-7-6-8-22(15-20)21-11-9-19(3)10-12-21/h6-12,15,18H,13-14,16-17H2,1-5H3/t25-/m0/s1. The second-order valence-electron chi connectivity index (χ2n) is 8.89. The number of carbonyl (C=O) groups is 2. The predicted octanol–water partition coefficient (Wildman–Crippen LogP) is 4.17. The van der Waals surface area contributed by atoms with E-state index in [4.69, 9.17) is 0 Å². The summed E-state index contributed by atoms with van der Waals surface area (Å²) in [6.45, 7) is 7.06. The van der Waals surface area contributed by atoms with Gasteiger partial charge in [-0.15, -0.1) is 0 Å². The molecule has 4 heteroatoms. The Kier molecular flexibility index (Phi) is 6.11. The summed E-state index contributed by atoms with van der Waals surface area (Å²) in [5.41, 5.74) is 4.15. The number of benzene rings is 2. The first-order valence-corrected chi connectivity index (χ1v) is 10.4. The molecule has 0 spiro atoms. The first-order valence-electron chi connectivity index (χ1n) is 10.4. The molecule has 0 aliphatic carbocycles. The summed E-state index contributed by atoms with van der Waals surface area (Å²) in [7, 11) is 3.61. The molecule has 0 saturated carbocycles. The molecule has 0 aromatic heterocycles. The lowest BCUT2D eigenvalue weighted by atomic mass is 9.79. The average molecular weight is 393 g/mol. The van der Waals surface area contributed by atoms with Gasteiger partial charge in [-0.3, -0.25) is 9.59 Å². The number of aryl methyl sites for hydroxylation is 1. The molecule has 1 atom stereocenters. The van der Waals surface area contributed by atoms with Gasteiger partial charge in [-0.1, -0.05) is 67.9 Å². The van der Waals surface area contributed by atoms with Crippen LogP contribution < -0.4 is 0 Å². The molecule has 0 N–H and O–H groups in total. The minimum atomic E-state index is -0.556. The van der Waals surface area contributed by atoms with Crippen molar-refractivity contribution < 1.29 is 9.59 Å². The summed E-state index contributed by atoms with van der Waals surface area (Å²) in [6, 6.07) is 16.9. The van der Waals surface area contributed by atoms with Gasteiger partial charge in [0.2, 0.25) is 11.8 Å². The third-order valence-corrected chi connectivity index (χ3v) is 5.87. The third kappa shape index (κ3) is 4.52. The van der Waals surface area contributed by atoms with Gasteiger partial charge in [0.05, 0.1) is 5.41 Å². The Labute approximate surface area is 174 Å². The maximum atomic E-state index is 13.2. The van der Waals surface area contributed by atoms with Crippen LogP contribution in [0.15, 0.2) is 48.5 Å². The van der Waals surface area contributed by atoms with Crippen LogP contribution in [0.3, 0.4) is 0 Å². The van der Waals surface area contributed by atoms with Crippen LogP contribution in [0.5, 0.6) is 0 Å². The molecule has 1 saturated heterocycles. The van der Waals surface area contributed by atoms with Gasteiger partial charge >= 0.3 is 0 Å². The number of likely N-dealkylation sites (tertiary alicyclic amines) is 1.